The molecule has 3 N–H and O–H groups in total. The molecule has 0 aliphatic carbocycles. The molecule has 0 rings (SSSR count). The second-order valence-corrected chi connectivity index (χ2v) is 3.10. The minimum Gasteiger partial charge on any atom is -0.383 e. The van der Waals surface area contributed by atoms with E-state index in [1.807, 2.05) is 0 Å². The van der Waals surface area contributed by atoms with Crippen molar-refractivity contribution in [2.75, 3.05) is 33.9 Å². The van der Waals surface area contributed by atoms with Crippen LogP contribution < -0.4 is 16.0 Å². The highest BCUT2D eigenvalue weighted by molar-refractivity contribution is 5.87. The summed E-state index contributed by atoms with van der Waals surface area (Å²) in [6, 6.07) is -0.525. The van der Waals surface area contributed by atoms with E-state index in [4.69, 9.17) is 4.74 Å². The summed E-state index contributed by atoms with van der Waals surface area (Å²) in [6.45, 7) is 2.75. The molecule has 0 aromatic rings. The number of likely N-dealkylation sites (N-methyl/N-ethyl adjacent to an activating group) is 1. The summed E-state index contributed by atoms with van der Waals surface area (Å²) in [7, 11) is 3.23. The molecule has 0 saturated carbocycles. The number of methoxy groups -OCH3 is 1. The molecule has 0 aromatic heterocycles. The van der Waals surface area contributed by atoms with E-state index < -0.39 is 6.04 Å². The van der Waals surface area contributed by atoms with Crippen LogP contribution in [0.4, 0.5) is 0 Å². The Labute approximate surface area is 89.7 Å². The minimum absolute atomic E-state index is 0.202. The normalized spacial score (nSPS) is 11.9. The lowest BCUT2D eigenvalue weighted by molar-refractivity contribution is -0.128. The molecule has 0 aliphatic rings. The van der Waals surface area contributed by atoms with E-state index >= 15 is 0 Å². The number of hydrogen-bond donors (Lipinski definition) is 3. The summed E-state index contributed by atoms with van der Waals surface area (Å²) < 4.78 is 4.78. The molecule has 1 atom stereocenters. The molecule has 6 heteroatoms. The van der Waals surface area contributed by atoms with Gasteiger partial charge in [-0.15, -0.1) is 0 Å². The zero-order valence-corrected chi connectivity index (χ0v) is 9.42. The van der Waals surface area contributed by atoms with Crippen LogP contribution in [0.3, 0.4) is 0 Å². The van der Waals surface area contributed by atoms with Crippen molar-refractivity contribution in [1.82, 2.24) is 16.0 Å². The lowest BCUT2D eigenvalue weighted by Crippen LogP contribution is -2.47. The Morgan fingerprint density at radius 3 is 2.60 bits per heavy atom. The fraction of sp³-hybridized carbons (Fsp3) is 0.778. The van der Waals surface area contributed by atoms with Crippen molar-refractivity contribution in [3.05, 3.63) is 0 Å². The number of ether oxygens (including phenoxy) is 1. The number of amides is 2. The molecule has 0 bridgehead atoms. The van der Waals surface area contributed by atoms with E-state index in [2.05, 4.69) is 16.0 Å². The molecule has 0 heterocycles. The third-order valence-corrected chi connectivity index (χ3v) is 1.71. The van der Waals surface area contributed by atoms with Gasteiger partial charge >= 0.3 is 0 Å². The van der Waals surface area contributed by atoms with E-state index in [9.17, 15) is 9.59 Å². The number of rotatable bonds is 7. The molecule has 0 saturated heterocycles. The molecule has 0 spiro atoms. The van der Waals surface area contributed by atoms with Gasteiger partial charge in [-0.05, 0) is 14.0 Å². The van der Waals surface area contributed by atoms with Crippen LogP contribution in [0, 0.1) is 0 Å². The summed E-state index contributed by atoms with van der Waals surface area (Å²) in [4.78, 5) is 22.5. The molecule has 1 unspecified atom stereocenters. The number of carbonyl (C=O) groups excluding carboxylic acids is 2. The number of nitrogens with one attached hydrogen (secondary N) is 3. The van der Waals surface area contributed by atoms with Crippen LogP contribution in [0.1, 0.15) is 6.92 Å². The lowest BCUT2D eigenvalue weighted by atomic mass is 10.3. The van der Waals surface area contributed by atoms with Crippen molar-refractivity contribution in [2.24, 2.45) is 0 Å². The van der Waals surface area contributed by atoms with Gasteiger partial charge in [-0.25, -0.2) is 0 Å². The predicted molar refractivity (Wildman–Crippen MR) is 56.4 cm³/mol. The van der Waals surface area contributed by atoms with Crippen LogP contribution in [0.5, 0.6) is 0 Å². The smallest absolute Gasteiger partial charge is 0.242 e. The molecule has 88 valence electrons. The van der Waals surface area contributed by atoms with Crippen LogP contribution in [-0.4, -0.2) is 51.7 Å². The minimum atomic E-state index is -0.525. The van der Waals surface area contributed by atoms with Crippen molar-refractivity contribution in [2.45, 2.75) is 13.0 Å². The molecular formula is C9H19N3O3. The zero-order chi connectivity index (χ0) is 11.7. The van der Waals surface area contributed by atoms with Gasteiger partial charge in [0.05, 0.1) is 13.2 Å². The highest BCUT2D eigenvalue weighted by Crippen LogP contribution is 1.81. The van der Waals surface area contributed by atoms with Crippen LogP contribution in [-0.2, 0) is 14.3 Å². The monoisotopic (exact) mass is 217 g/mol. The molecular weight excluding hydrogens is 198 g/mol. The maximum Gasteiger partial charge on any atom is 0.242 e. The molecule has 6 nitrogen and oxygen atoms in total. The van der Waals surface area contributed by atoms with Crippen LogP contribution >= 0.6 is 0 Å². The summed E-state index contributed by atoms with van der Waals surface area (Å²) in [5.41, 5.74) is 0. The predicted octanol–water partition coefficient (Wildman–Crippen LogP) is -1.53. The van der Waals surface area contributed by atoms with Crippen molar-refractivity contribution in [3.63, 3.8) is 0 Å². The summed E-state index contributed by atoms with van der Waals surface area (Å²) in [5.74, 6) is -0.414. The molecule has 0 aromatic carbocycles. The zero-order valence-electron chi connectivity index (χ0n) is 9.42. The Balaban J connectivity index is 3.73. The first kappa shape index (κ1) is 13.9. The van der Waals surface area contributed by atoms with Gasteiger partial charge in [0.25, 0.3) is 0 Å². The summed E-state index contributed by atoms with van der Waals surface area (Å²) in [5, 5.41) is 7.89. The molecule has 0 aliphatic heterocycles. The van der Waals surface area contributed by atoms with Gasteiger partial charge < -0.3 is 20.7 Å². The van der Waals surface area contributed by atoms with Crippen molar-refractivity contribution < 1.29 is 14.3 Å². The first-order valence-corrected chi connectivity index (χ1v) is 4.82. The second-order valence-electron chi connectivity index (χ2n) is 3.10. The van der Waals surface area contributed by atoms with Gasteiger partial charge in [0.1, 0.15) is 6.04 Å². The Hall–Kier alpha value is -1.14. The second kappa shape index (κ2) is 8.19. The average molecular weight is 217 g/mol. The van der Waals surface area contributed by atoms with Gasteiger partial charge in [-0.2, -0.15) is 0 Å². The Bertz CT molecular complexity index is 209. The van der Waals surface area contributed by atoms with E-state index in [-0.39, 0.29) is 18.4 Å². The van der Waals surface area contributed by atoms with Gasteiger partial charge in [0.2, 0.25) is 11.8 Å². The van der Waals surface area contributed by atoms with E-state index in [0.717, 1.165) is 0 Å². The largest absolute Gasteiger partial charge is 0.383 e. The van der Waals surface area contributed by atoms with Crippen LogP contribution in [0.2, 0.25) is 0 Å². The average Bonchev–Trinajstić information content (AvgIpc) is 2.18. The Morgan fingerprint density at radius 2 is 2.07 bits per heavy atom. The van der Waals surface area contributed by atoms with Crippen molar-refractivity contribution in [3.8, 4) is 0 Å². The van der Waals surface area contributed by atoms with Gasteiger partial charge in [0.15, 0.2) is 0 Å². The molecule has 0 radical (unpaired) electrons. The number of hydrogen-bond acceptors (Lipinski definition) is 4. The molecule has 15 heavy (non-hydrogen) atoms. The highest BCUT2D eigenvalue weighted by atomic mass is 16.5. The summed E-state index contributed by atoms with van der Waals surface area (Å²) >= 11 is 0. The maximum atomic E-state index is 11.4. The Kier molecular flexibility index (Phi) is 7.57. The SMILES string of the molecule is CNCC(=O)NC(C)C(=O)NCCOC. The van der Waals surface area contributed by atoms with Gasteiger partial charge in [-0.3, -0.25) is 9.59 Å². The quantitative estimate of drug-likeness (QED) is 0.452. The third kappa shape index (κ3) is 6.87. The first-order valence-electron chi connectivity index (χ1n) is 4.82. The van der Waals surface area contributed by atoms with Gasteiger partial charge in [-0.1, -0.05) is 0 Å². The van der Waals surface area contributed by atoms with Crippen LogP contribution in [0.15, 0.2) is 0 Å². The first-order chi connectivity index (χ1) is 7.11. The van der Waals surface area contributed by atoms with Gasteiger partial charge in [0, 0.05) is 13.7 Å². The summed E-state index contributed by atoms with van der Waals surface area (Å²) in [6.07, 6.45) is 0. The standard InChI is InChI=1S/C9H19N3O3/c1-7(12-8(13)6-10-2)9(14)11-4-5-15-3/h7,10H,4-6H2,1-3H3,(H,11,14)(H,12,13). The number of carbonyl (C=O) groups is 2. The van der Waals surface area contributed by atoms with E-state index in [1.54, 1.807) is 21.1 Å². The molecule has 2 amide bonds. The maximum absolute atomic E-state index is 11.4. The highest BCUT2D eigenvalue weighted by Gasteiger charge is 2.13. The fourth-order valence-electron chi connectivity index (χ4n) is 0.948. The van der Waals surface area contributed by atoms with E-state index in [0.29, 0.717) is 13.2 Å². The lowest BCUT2D eigenvalue weighted by Gasteiger charge is -2.13. The Morgan fingerprint density at radius 1 is 1.40 bits per heavy atom. The topological polar surface area (TPSA) is 79.5 Å². The third-order valence-electron chi connectivity index (χ3n) is 1.71. The van der Waals surface area contributed by atoms with Crippen molar-refractivity contribution >= 4 is 11.8 Å². The van der Waals surface area contributed by atoms with Crippen molar-refractivity contribution in [1.29, 1.82) is 0 Å². The van der Waals surface area contributed by atoms with E-state index in [1.165, 1.54) is 0 Å². The van der Waals surface area contributed by atoms with Crippen LogP contribution in [0.25, 0.3) is 0 Å². The molecule has 0 fully saturated rings. The fourth-order valence-corrected chi connectivity index (χ4v) is 0.948.